The molecule has 2 aromatic rings. The van der Waals surface area contributed by atoms with E-state index in [0.29, 0.717) is 50.8 Å². The predicted molar refractivity (Wildman–Crippen MR) is 110 cm³/mol. The molecule has 0 unspecified atom stereocenters. The maximum Gasteiger partial charge on any atom is 0.272 e. The lowest BCUT2D eigenvalue weighted by atomic mass is 10.0. The Kier molecular flexibility index (Phi) is 5.78. The first-order valence-corrected chi connectivity index (χ1v) is 10.4. The van der Waals surface area contributed by atoms with E-state index < -0.39 is 5.79 Å². The van der Waals surface area contributed by atoms with Crippen LogP contribution in [-0.2, 0) is 22.3 Å². The van der Waals surface area contributed by atoms with Crippen LogP contribution in [0.15, 0.2) is 30.5 Å². The summed E-state index contributed by atoms with van der Waals surface area (Å²) in [5, 5.41) is 3.35. The summed E-state index contributed by atoms with van der Waals surface area (Å²) >= 11 is 0. The van der Waals surface area contributed by atoms with Gasteiger partial charge in [0, 0.05) is 37.8 Å². The zero-order valence-electron chi connectivity index (χ0n) is 17.1. The number of piperidine rings is 1. The van der Waals surface area contributed by atoms with Gasteiger partial charge in [-0.3, -0.25) is 4.79 Å². The predicted octanol–water partition coefficient (Wildman–Crippen LogP) is 3.32. The molecule has 4 rings (SSSR count). The molecular formula is C22H28N4O3. The van der Waals surface area contributed by atoms with Gasteiger partial charge in [-0.1, -0.05) is 32.0 Å². The van der Waals surface area contributed by atoms with E-state index in [1.165, 1.54) is 11.1 Å². The van der Waals surface area contributed by atoms with E-state index in [-0.39, 0.29) is 5.91 Å². The lowest BCUT2D eigenvalue weighted by Gasteiger charge is -2.37. The summed E-state index contributed by atoms with van der Waals surface area (Å²) in [6.45, 7) is 6.72. The SMILES string of the molecule is CCc1cccc(CC)c1Nc1nccc(C(=O)N2CCC3(CC2)OCCO3)n1. The fraction of sp³-hybridized carbons (Fsp3) is 0.500. The zero-order chi connectivity index (χ0) is 20.3. The molecule has 0 saturated carbocycles. The van der Waals surface area contributed by atoms with Crippen molar-refractivity contribution in [3.8, 4) is 0 Å². The zero-order valence-corrected chi connectivity index (χ0v) is 17.1. The molecule has 0 bridgehead atoms. The normalized spacial score (nSPS) is 18.2. The summed E-state index contributed by atoms with van der Waals surface area (Å²) < 4.78 is 11.5. The third kappa shape index (κ3) is 4.11. The van der Waals surface area contributed by atoms with Crippen LogP contribution in [0.5, 0.6) is 0 Å². The molecule has 1 spiro atoms. The van der Waals surface area contributed by atoms with Crippen molar-refractivity contribution in [3.63, 3.8) is 0 Å². The Hall–Kier alpha value is -2.51. The van der Waals surface area contributed by atoms with Gasteiger partial charge in [0.2, 0.25) is 5.95 Å². The number of carbonyl (C=O) groups is 1. The number of aryl methyl sites for hydroxylation is 2. The van der Waals surface area contributed by atoms with Crippen molar-refractivity contribution >= 4 is 17.5 Å². The number of amides is 1. The third-order valence-electron chi connectivity index (χ3n) is 5.74. The van der Waals surface area contributed by atoms with Crippen molar-refractivity contribution in [1.29, 1.82) is 0 Å². The van der Waals surface area contributed by atoms with E-state index in [1.54, 1.807) is 12.3 Å². The highest BCUT2D eigenvalue weighted by atomic mass is 16.7. The molecule has 0 radical (unpaired) electrons. The number of benzene rings is 1. The van der Waals surface area contributed by atoms with Crippen LogP contribution >= 0.6 is 0 Å². The van der Waals surface area contributed by atoms with Gasteiger partial charge in [-0.05, 0) is 30.0 Å². The second-order valence-corrected chi connectivity index (χ2v) is 7.45. The first-order chi connectivity index (χ1) is 14.1. The molecule has 29 heavy (non-hydrogen) atoms. The summed E-state index contributed by atoms with van der Waals surface area (Å²) in [6, 6.07) is 7.96. The molecule has 7 nitrogen and oxygen atoms in total. The molecule has 1 aromatic carbocycles. The molecule has 154 valence electrons. The average molecular weight is 396 g/mol. The number of hydrogen-bond donors (Lipinski definition) is 1. The number of nitrogens with one attached hydrogen (secondary N) is 1. The quantitative estimate of drug-likeness (QED) is 0.835. The number of hydrogen-bond acceptors (Lipinski definition) is 6. The first-order valence-electron chi connectivity index (χ1n) is 10.4. The van der Waals surface area contributed by atoms with Gasteiger partial charge < -0.3 is 19.7 Å². The van der Waals surface area contributed by atoms with Crippen LogP contribution in [0.25, 0.3) is 0 Å². The minimum Gasteiger partial charge on any atom is -0.347 e. The molecule has 1 amide bonds. The molecular weight excluding hydrogens is 368 g/mol. The summed E-state index contributed by atoms with van der Waals surface area (Å²) in [5.74, 6) is -0.125. The Morgan fingerprint density at radius 1 is 1.10 bits per heavy atom. The molecule has 0 atom stereocenters. The first kappa shape index (κ1) is 19.8. The second kappa shape index (κ2) is 8.47. The minimum atomic E-state index is -0.490. The van der Waals surface area contributed by atoms with Crippen molar-refractivity contribution in [2.45, 2.75) is 45.3 Å². The number of aromatic nitrogens is 2. The summed E-state index contributed by atoms with van der Waals surface area (Å²) in [6.07, 6.45) is 4.84. The number of anilines is 2. The van der Waals surface area contributed by atoms with Crippen LogP contribution in [0.3, 0.4) is 0 Å². The Morgan fingerprint density at radius 2 is 1.76 bits per heavy atom. The number of rotatable bonds is 5. The van der Waals surface area contributed by atoms with Crippen molar-refractivity contribution < 1.29 is 14.3 Å². The standard InChI is InChI=1S/C22H28N4O3/c1-3-16-6-5-7-17(4-2)19(16)25-21-23-11-8-18(24-21)20(27)26-12-9-22(10-13-26)28-14-15-29-22/h5-8,11H,3-4,9-10,12-15H2,1-2H3,(H,23,24,25). The van der Waals surface area contributed by atoms with E-state index in [2.05, 4.69) is 47.3 Å². The largest absolute Gasteiger partial charge is 0.347 e. The molecule has 2 saturated heterocycles. The molecule has 2 fully saturated rings. The van der Waals surface area contributed by atoms with Crippen LogP contribution < -0.4 is 5.32 Å². The molecule has 7 heteroatoms. The summed E-state index contributed by atoms with van der Waals surface area (Å²) in [7, 11) is 0. The molecule has 3 heterocycles. The monoisotopic (exact) mass is 396 g/mol. The number of nitrogens with zero attached hydrogens (tertiary/aromatic N) is 3. The topological polar surface area (TPSA) is 76.6 Å². The number of likely N-dealkylation sites (tertiary alicyclic amines) is 1. The average Bonchev–Trinajstić information content (AvgIpc) is 3.22. The fourth-order valence-corrected chi connectivity index (χ4v) is 4.05. The molecule has 0 aliphatic carbocycles. The Bertz CT molecular complexity index is 848. The Balaban J connectivity index is 1.49. The van der Waals surface area contributed by atoms with E-state index in [9.17, 15) is 4.79 Å². The fourth-order valence-electron chi connectivity index (χ4n) is 4.05. The van der Waals surface area contributed by atoms with Crippen LogP contribution in [-0.4, -0.2) is 52.9 Å². The van der Waals surface area contributed by atoms with Crippen LogP contribution in [0.2, 0.25) is 0 Å². The maximum atomic E-state index is 13.0. The molecule has 2 aliphatic heterocycles. The van der Waals surface area contributed by atoms with Gasteiger partial charge in [-0.25, -0.2) is 9.97 Å². The van der Waals surface area contributed by atoms with Crippen molar-refractivity contribution in [3.05, 3.63) is 47.3 Å². The van der Waals surface area contributed by atoms with Gasteiger partial charge in [0.15, 0.2) is 5.79 Å². The van der Waals surface area contributed by atoms with E-state index in [4.69, 9.17) is 9.47 Å². The maximum absolute atomic E-state index is 13.0. The smallest absolute Gasteiger partial charge is 0.272 e. The van der Waals surface area contributed by atoms with Crippen LogP contribution in [0.1, 0.15) is 48.3 Å². The minimum absolute atomic E-state index is 0.0808. The highest BCUT2D eigenvalue weighted by molar-refractivity contribution is 5.92. The third-order valence-corrected chi connectivity index (χ3v) is 5.74. The second-order valence-electron chi connectivity index (χ2n) is 7.45. The number of ether oxygens (including phenoxy) is 2. The van der Waals surface area contributed by atoms with Gasteiger partial charge in [0.1, 0.15) is 5.69 Å². The highest BCUT2D eigenvalue weighted by Gasteiger charge is 2.41. The van der Waals surface area contributed by atoms with Crippen LogP contribution in [0.4, 0.5) is 11.6 Å². The van der Waals surface area contributed by atoms with Gasteiger partial charge in [0.05, 0.1) is 13.2 Å². The summed E-state index contributed by atoms with van der Waals surface area (Å²) in [4.78, 5) is 23.6. The molecule has 2 aliphatic rings. The van der Waals surface area contributed by atoms with E-state index in [1.807, 2.05) is 4.90 Å². The molecule has 1 N–H and O–H groups in total. The van der Waals surface area contributed by atoms with Crippen molar-refractivity contribution in [2.75, 3.05) is 31.6 Å². The van der Waals surface area contributed by atoms with Gasteiger partial charge in [0.25, 0.3) is 5.91 Å². The molecule has 1 aromatic heterocycles. The van der Waals surface area contributed by atoms with Crippen LogP contribution in [0, 0.1) is 0 Å². The number of carbonyl (C=O) groups excluding carboxylic acids is 1. The lowest BCUT2D eigenvalue weighted by Crippen LogP contribution is -2.47. The van der Waals surface area contributed by atoms with Crippen molar-refractivity contribution in [2.24, 2.45) is 0 Å². The highest BCUT2D eigenvalue weighted by Crippen LogP contribution is 2.31. The van der Waals surface area contributed by atoms with Gasteiger partial charge in [-0.15, -0.1) is 0 Å². The number of para-hydroxylation sites is 1. The summed E-state index contributed by atoms with van der Waals surface area (Å²) in [5.41, 5.74) is 3.86. The lowest BCUT2D eigenvalue weighted by molar-refractivity contribution is -0.181. The van der Waals surface area contributed by atoms with E-state index in [0.717, 1.165) is 18.5 Å². The van der Waals surface area contributed by atoms with Crippen molar-refractivity contribution in [1.82, 2.24) is 14.9 Å². The van der Waals surface area contributed by atoms with Gasteiger partial charge in [-0.2, -0.15) is 0 Å². The van der Waals surface area contributed by atoms with Gasteiger partial charge >= 0.3 is 0 Å². The van der Waals surface area contributed by atoms with E-state index >= 15 is 0 Å². The Labute approximate surface area is 171 Å². The Morgan fingerprint density at radius 3 is 2.38 bits per heavy atom.